The van der Waals surface area contributed by atoms with Crippen LogP contribution in [0.5, 0.6) is 5.75 Å². The molecule has 3 fully saturated rings. The molecule has 3 saturated heterocycles. The predicted octanol–water partition coefficient (Wildman–Crippen LogP) is 4.12. The van der Waals surface area contributed by atoms with Gasteiger partial charge in [0, 0.05) is 74.9 Å². The molecule has 1 amide bonds. The highest BCUT2D eigenvalue weighted by molar-refractivity contribution is 7.99. The summed E-state index contributed by atoms with van der Waals surface area (Å²) in [6.07, 6.45) is 6.58. The molecule has 6 rings (SSSR count). The van der Waals surface area contributed by atoms with Crippen molar-refractivity contribution in [2.45, 2.75) is 44.8 Å². The van der Waals surface area contributed by atoms with E-state index in [2.05, 4.69) is 55.3 Å². The number of benzene rings is 1. The number of likely N-dealkylation sites (tertiary alicyclic amines) is 2. The molecule has 204 valence electrons. The summed E-state index contributed by atoms with van der Waals surface area (Å²) >= 11 is 3.75. The molecule has 0 spiro atoms. The molecular formula is C28H38N6O2S2. The number of anilines is 3. The van der Waals surface area contributed by atoms with Crippen LogP contribution in [-0.2, 0) is 11.4 Å². The SMILES string of the molecule is CSCCC(=O)N1CCC(N2CC(c3cc(C)c4c(c3)Nc3ncnc(N5CCSCC5)c3CO4)C2)CC1. The van der Waals surface area contributed by atoms with Gasteiger partial charge in [-0.15, -0.1) is 0 Å². The lowest BCUT2D eigenvalue weighted by Crippen LogP contribution is -2.54. The van der Waals surface area contributed by atoms with Crippen LogP contribution in [0.1, 0.15) is 41.9 Å². The van der Waals surface area contributed by atoms with Crippen LogP contribution in [0.25, 0.3) is 0 Å². The number of hydrogen-bond donors (Lipinski definition) is 1. The molecule has 0 unspecified atom stereocenters. The molecule has 1 aromatic carbocycles. The molecule has 1 aromatic heterocycles. The predicted molar refractivity (Wildman–Crippen MR) is 157 cm³/mol. The highest BCUT2D eigenvalue weighted by Crippen LogP contribution is 2.42. The maximum atomic E-state index is 12.4. The third-order valence-electron chi connectivity index (χ3n) is 8.38. The van der Waals surface area contributed by atoms with Gasteiger partial charge in [0.25, 0.3) is 0 Å². The van der Waals surface area contributed by atoms with Gasteiger partial charge < -0.3 is 19.9 Å². The van der Waals surface area contributed by atoms with E-state index in [1.54, 1.807) is 18.1 Å². The van der Waals surface area contributed by atoms with E-state index in [4.69, 9.17) is 4.74 Å². The minimum absolute atomic E-state index is 0.323. The standard InChI is InChI=1S/C28H38N6O2S2/c1-19-13-20(21-15-34(16-21)22-3-6-32(7-4-22)25(35)5-10-37-2)14-24-26(19)36-17-23-27(31-24)29-18-30-28(23)33-8-11-38-12-9-33/h13-14,18,21-22H,3-12,15-17H2,1-2H3,(H,29,30,31). The minimum atomic E-state index is 0.323. The van der Waals surface area contributed by atoms with Crippen molar-refractivity contribution in [2.75, 3.05) is 73.0 Å². The topological polar surface area (TPSA) is 73.8 Å². The summed E-state index contributed by atoms with van der Waals surface area (Å²) in [7, 11) is 0. The lowest BCUT2D eigenvalue weighted by atomic mass is 9.87. The van der Waals surface area contributed by atoms with Gasteiger partial charge in [0.05, 0.1) is 11.3 Å². The zero-order chi connectivity index (χ0) is 26.1. The van der Waals surface area contributed by atoms with Gasteiger partial charge in [-0.05, 0) is 43.2 Å². The average molecular weight is 555 g/mol. The number of carbonyl (C=O) groups excluding carboxylic acids is 1. The molecule has 5 heterocycles. The number of nitrogens with one attached hydrogen (secondary N) is 1. The van der Waals surface area contributed by atoms with E-state index >= 15 is 0 Å². The van der Waals surface area contributed by atoms with E-state index in [1.807, 2.05) is 11.8 Å². The van der Waals surface area contributed by atoms with Crippen LogP contribution in [0.15, 0.2) is 18.5 Å². The fraction of sp³-hybridized carbons (Fsp3) is 0.607. The highest BCUT2D eigenvalue weighted by Gasteiger charge is 2.36. The Labute approximate surface area is 234 Å². The molecule has 0 saturated carbocycles. The Hall–Kier alpha value is -2.17. The van der Waals surface area contributed by atoms with Gasteiger partial charge in [0.1, 0.15) is 30.3 Å². The Morgan fingerprint density at radius 1 is 1.16 bits per heavy atom. The van der Waals surface area contributed by atoms with Gasteiger partial charge in [-0.1, -0.05) is 6.07 Å². The molecule has 0 bridgehead atoms. The van der Waals surface area contributed by atoms with Gasteiger partial charge >= 0.3 is 0 Å². The molecule has 0 aliphatic carbocycles. The third-order valence-corrected chi connectivity index (χ3v) is 9.93. The monoisotopic (exact) mass is 554 g/mol. The quantitative estimate of drug-likeness (QED) is 0.568. The van der Waals surface area contributed by atoms with Gasteiger partial charge in [-0.25, -0.2) is 9.97 Å². The highest BCUT2D eigenvalue weighted by atomic mass is 32.2. The molecular weight excluding hydrogens is 516 g/mol. The lowest BCUT2D eigenvalue weighted by molar-refractivity contribution is -0.132. The molecule has 1 N–H and O–H groups in total. The van der Waals surface area contributed by atoms with Gasteiger partial charge in [0.15, 0.2) is 0 Å². The normalized spacial score (nSPS) is 20.6. The second-order valence-electron chi connectivity index (χ2n) is 10.8. The van der Waals surface area contributed by atoms with Crippen LogP contribution in [-0.4, -0.2) is 94.5 Å². The maximum absolute atomic E-state index is 12.4. The number of hydrogen-bond acceptors (Lipinski definition) is 9. The zero-order valence-electron chi connectivity index (χ0n) is 22.4. The number of amides is 1. The second kappa shape index (κ2) is 11.5. The smallest absolute Gasteiger partial charge is 0.223 e. The Balaban J connectivity index is 1.10. The number of carbonyl (C=O) groups is 1. The summed E-state index contributed by atoms with van der Waals surface area (Å²) < 4.78 is 6.38. The van der Waals surface area contributed by atoms with E-state index in [0.717, 1.165) is 104 Å². The van der Waals surface area contributed by atoms with Gasteiger partial charge in [-0.3, -0.25) is 9.69 Å². The average Bonchev–Trinajstić information content (AvgIpc) is 3.11. The van der Waals surface area contributed by atoms with Crippen LogP contribution >= 0.6 is 23.5 Å². The number of ether oxygens (including phenoxy) is 1. The molecule has 2 aromatic rings. The third kappa shape index (κ3) is 5.31. The number of piperidine rings is 1. The Morgan fingerprint density at radius 3 is 2.71 bits per heavy atom. The first-order chi connectivity index (χ1) is 18.6. The Morgan fingerprint density at radius 2 is 1.95 bits per heavy atom. The van der Waals surface area contributed by atoms with Gasteiger partial charge in [0.2, 0.25) is 5.91 Å². The number of fused-ring (bicyclic) bond motifs is 2. The maximum Gasteiger partial charge on any atom is 0.223 e. The fourth-order valence-corrected chi connectivity index (χ4v) is 7.42. The minimum Gasteiger partial charge on any atom is -0.486 e. The van der Waals surface area contributed by atoms with Crippen molar-refractivity contribution in [3.05, 3.63) is 35.2 Å². The molecule has 4 aliphatic heterocycles. The molecule has 8 nitrogen and oxygen atoms in total. The summed E-state index contributed by atoms with van der Waals surface area (Å²) in [4.78, 5) is 28.7. The van der Waals surface area contributed by atoms with Crippen molar-refractivity contribution in [1.82, 2.24) is 19.8 Å². The largest absolute Gasteiger partial charge is 0.486 e. The Kier molecular flexibility index (Phi) is 7.90. The molecule has 0 atom stereocenters. The van der Waals surface area contributed by atoms with Crippen molar-refractivity contribution in [1.29, 1.82) is 0 Å². The first-order valence-electron chi connectivity index (χ1n) is 13.8. The number of rotatable bonds is 6. The lowest BCUT2D eigenvalue weighted by Gasteiger charge is -2.47. The zero-order valence-corrected chi connectivity index (χ0v) is 24.1. The summed E-state index contributed by atoms with van der Waals surface area (Å²) in [5.74, 6) is 6.80. The molecule has 38 heavy (non-hydrogen) atoms. The molecule has 4 aliphatic rings. The number of nitrogens with zero attached hydrogens (tertiary/aromatic N) is 5. The fourth-order valence-electron chi connectivity index (χ4n) is 6.13. The van der Waals surface area contributed by atoms with Crippen LogP contribution in [0.4, 0.5) is 17.3 Å². The van der Waals surface area contributed by atoms with E-state index in [-0.39, 0.29) is 0 Å². The van der Waals surface area contributed by atoms with Crippen LogP contribution in [0, 0.1) is 6.92 Å². The van der Waals surface area contributed by atoms with Crippen LogP contribution in [0.3, 0.4) is 0 Å². The van der Waals surface area contributed by atoms with Crippen LogP contribution in [0.2, 0.25) is 0 Å². The van der Waals surface area contributed by atoms with E-state index < -0.39 is 0 Å². The first-order valence-corrected chi connectivity index (χ1v) is 16.4. The Bertz CT molecular complexity index is 1160. The summed E-state index contributed by atoms with van der Waals surface area (Å²) in [6.45, 7) is 8.61. The van der Waals surface area contributed by atoms with Crippen molar-refractivity contribution in [2.24, 2.45) is 0 Å². The number of aromatic nitrogens is 2. The number of aryl methyl sites for hydroxylation is 1. The molecule has 0 radical (unpaired) electrons. The van der Waals surface area contributed by atoms with Crippen molar-refractivity contribution in [3.63, 3.8) is 0 Å². The summed E-state index contributed by atoms with van der Waals surface area (Å²) in [6, 6.07) is 5.17. The first kappa shape index (κ1) is 26.1. The van der Waals surface area contributed by atoms with Crippen molar-refractivity contribution < 1.29 is 9.53 Å². The van der Waals surface area contributed by atoms with Gasteiger partial charge in [-0.2, -0.15) is 23.5 Å². The van der Waals surface area contributed by atoms with Crippen molar-refractivity contribution in [3.8, 4) is 5.75 Å². The second-order valence-corrected chi connectivity index (χ2v) is 13.0. The molecule has 10 heteroatoms. The number of thioether (sulfide) groups is 2. The summed E-state index contributed by atoms with van der Waals surface area (Å²) in [5.41, 5.74) is 4.58. The van der Waals surface area contributed by atoms with E-state index in [0.29, 0.717) is 30.9 Å². The van der Waals surface area contributed by atoms with E-state index in [1.165, 1.54) is 5.56 Å². The van der Waals surface area contributed by atoms with Crippen LogP contribution < -0.4 is 15.0 Å². The van der Waals surface area contributed by atoms with Crippen molar-refractivity contribution >= 4 is 46.8 Å². The van der Waals surface area contributed by atoms with E-state index in [9.17, 15) is 4.79 Å². The summed E-state index contributed by atoms with van der Waals surface area (Å²) in [5, 5.41) is 3.61.